The number of carboxylic acid groups (broad SMARTS) is 1. The van der Waals surface area contributed by atoms with Gasteiger partial charge in [0.1, 0.15) is 10.7 Å². The van der Waals surface area contributed by atoms with Crippen LogP contribution in [0.25, 0.3) is 0 Å². The van der Waals surface area contributed by atoms with Crippen LogP contribution in [-0.4, -0.2) is 26.0 Å². The van der Waals surface area contributed by atoms with Crippen molar-refractivity contribution in [1.82, 2.24) is 15.0 Å². The van der Waals surface area contributed by atoms with Crippen LogP contribution in [0.4, 0.5) is 0 Å². The number of thiazole rings is 1. The van der Waals surface area contributed by atoms with Crippen molar-refractivity contribution < 1.29 is 9.90 Å². The molecule has 2 heterocycles. The molecule has 0 unspecified atom stereocenters. The summed E-state index contributed by atoms with van der Waals surface area (Å²) in [5.74, 6) is 0.373. The van der Waals surface area contributed by atoms with E-state index in [1.54, 1.807) is 25.4 Å². The van der Waals surface area contributed by atoms with Crippen molar-refractivity contribution in [1.29, 1.82) is 0 Å². The number of nitrogens with zero attached hydrogens (tertiary/aromatic N) is 3. The number of aromatic nitrogens is 3. The van der Waals surface area contributed by atoms with Crippen molar-refractivity contribution in [3.05, 3.63) is 34.9 Å². The predicted octanol–water partition coefficient (Wildman–Crippen LogP) is 2.23. The lowest BCUT2D eigenvalue weighted by Crippen LogP contribution is -1.94. The molecule has 7 heteroatoms. The quantitative estimate of drug-likeness (QED) is 0.856. The number of hydrogen-bond donors (Lipinski definition) is 1. The molecule has 2 aromatic rings. The van der Waals surface area contributed by atoms with Crippen LogP contribution in [0.2, 0.25) is 0 Å². The monoisotopic (exact) mass is 267 g/mol. The van der Waals surface area contributed by atoms with Gasteiger partial charge in [-0.15, -0.1) is 11.3 Å². The van der Waals surface area contributed by atoms with Crippen LogP contribution in [-0.2, 0) is 5.75 Å². The Labute approximate surface area is 106 Å². The van der Waals surface area contributed by atoms with Crippen LogP contribution in [0, 0.1) is 6.92 Å². The van der Waals surface area contributed by atoms with Crippen molar-refractivity contribution in [2.45, 2.75) is 17.0 Å². The second-order valence-corrected chi connectivity index (χ2v) is 5.37. The summed E-state index contributed by atoms with van der Waals surface area (Å²) >= 11 is 2.63. The Morgan fingerprint density at radius 3 is 2.76 bits per heavy atom. The lowest BCUT2D eigenvalue weighted by Gasteiger charge is -1.95. The third-order valence-electron chi connectivity index (χ3n) is 1.92. The molecule has 0 aliphatic carbocycles. The Morgan fingerprint density at radius 1 is 1.47 bits per heavy atom. The molecule has 2 rings (SSSR count). The van der Waals surface area contributed by atoms with Gasteiger partial charge in [0.25, 0.3) is 0 Å². The van der Waals surface area contributed by atoms with E-state index in [-0.39, 0.29) is 0 Å². The Hall–Kier alpha value is -1.47. The SMILES string of the molecule is Cc1nc(SCc2ncccn2)sc1C(=O)O. The first-order chi connectivity index (χ1) is 8.16. The molecule has 17 heavy (non-hydrogen) atoms. The van der Waals surface area contributed by atoms with E-state index in [2.05, 4.69) is 15.0 Å². The van der Waals surface area contributed by atoms with Gasteiger partial charge in [-0.2, -0.15) is 0 Å². The van der Waals surface area contributed by atoms with Gasteiger partial charge in [0.15, 0.2) is 4.34 Å². The summed E-state index contributed by atoms with van der Waals surface area (Å²) in [5.41, 5.74) is 0.555. The van der Waals surface area contributed by atoms with Gasteiger partial charge in [0, 0.05) is 12.4 Å². The van der Waals surface area contributed by atoms with E-state index in [0.717, 1.165) is 4.34 Å². The third-order valence-corrected chi connectivity index (χ3v) is 4.20. The summed E-state index contributed by atoms with van der Waals surface area (Å²) in [6.07, 6.45) is 3.36. The Kier molecular flexibility index (Phi) is 3.70. The fraction of sp³-hybridized carbons (Fsp3) is 0.200. The van der Waals surface area contributed by atoms with Crippen LogP contribution < -0.4 is 0 Å². The standard InChI is InChI=1S/C10H9N3O2S2/c1-6-8(9(14)15)17-10(13-6)16-5-7-11-3-2-4-12-7/h2-4H,5H2,1H3,(H,14,15). The lowest BCUT2D eigenvalue weighted by molar-refractivity contribution is 0.0701. The molecular weight excluding hydrogens is 258 g/mol. The number of carbonyl (C=O) groups is 1. The molecule has 0 spiro atoms. The van der Waals surface area contributed by atoms with E-state index >= 15 is 0 Å². The molecule has 88 valence electrons. The van der Waals surface area contributed by atoms with Crippen LogP contribution in [0.1, 0.15) is 21.2 Å². The first-order valence-corrected chi connectivity index (χ1v) is 6.56. The maximum Gasteiger partial charge on any atom is 0.347 e. The van der Waals surface area contributed by atoms with Gasteiger partial charge in [-0.1, -0.05) is 11.8 Å². The highest BCUT2D eigenvalue weighted by Gasteiger charge is 2.14. The Balaban J connectivity index is 2.05. The fourth-order valence-corrected chi connectivity index (χ4v) is 3.07. The molecule has 0 fully saturated rings. The summed E-state index contributed by atoms with van der Waals surface area (Å²) in [4.78, 5) is 23.5. The molecule has 0 saturated heterocycles. The van der Waals surface area contributed by atoms with Crippen LogP contribution >= 0.6 is 23.1 Å². The zero-order valence-electron chi connectivity index (χ0n) is 8.95. The zero-order chi connectivity index (χ0) is 12.3. The van der Waals surface area contributed by atoms with Crippen molar-refractivity contribution in [3.63, 3.8) is 0 Å². The molecule has 0 radical (unpaired) electrons. The van der Waals surface area contributed by atoms with Crippen LogP contribution in [0.3, 0.4) is 0 Å². The summed E-state index contributed by atoms with van der Waals surface area (Å²) < 4.78 is 0.729. The van der Waals surface area contributed by atoms with Crippen molar-refractivity contribution in [3.8, 4) is 0 Å². The van der Waals surface area contributed by atoms with E-state index in [1.165, 1.54) is 23.1 Å². The summed E-state index contributed by atoms with van der Waals surface area (Å²) in [6.45, 7) is 1.70. The number of carboxylic acids is 1. The maximum atomic E-state index is 10.8. The second kappa shape index (κ2) is 5.24. The van der Waals surface area contributed by atoms with E-state index in [0.29, 0.717) is 22.1 Å². The van der Waals surface area contributed by atoms with Crippen LogP contribution in [0.15, 0.2) is 22.8 Å². The summed E-state index contributed by atoms with van der Waals surface area (Å²) in [5, 5.41) is 8.90. The van der Waals surface area contributed by atoms with E-state index in [4.69, 9.17) is 5.11 Å². The highest BCUT2D eigenvalue weighted by molar-refractivity contribution is 8.00. The van der Waals surface area contributed by atoms with Crippen molar-refractivity contribution >= 4 is 29.1 Å². The summed E-state index contributed by atoms with van der Waals surface area (Å²) in [7, 11) is 0. The normalized spacial score (nSPS) is 10.4. The molecule has 0 atom stereocenters. The Bertz CT molecular complexity index is 528. The van der Waals surface area contributed by atoms with Crippen molar-refractivity contribution in [2.75, 3.05) is 0 Å². The van der Waals surface area contributed by atoms with Crippen molar-refractivity contribution in [2.24, 2.45) is 0 Å². The third kappa shape index (κ3) is 3.01. The minimum absolute atomic E-state index is 0.293. The number of aryl methyl sites for hydroxylation is 1. The molecule has 0 aliphatic heterocycles. The topological polar surface area (TPSA) is 76.0 Å². The molecule has 5 nitrogen and oxygen atoms in total. The largest absolute Gasteiger partial charge is 0.477 e. The molecule has 2 aromatic heterocycles. The number of hydrogen-bond acceptors (Lipinski definition) is 6. The van der Waals surface area contributed by atoms with Gasteiger partial charge in [-0.3, -0.25) is 0 Å². The number of thioether (sulfide) groups is 1. The molecule has 0 aromatic carbocycles. The van der Waals surface area contributed by atoms with Gasteiger partial charge < -0.3 is 5.11 Å². The zero-order valence-corrected chi connectivity index (χ0v) is 10.6. The lowest BCUT2D eigenvalue weighted by atomic mass is 10.4. The van der Waals surface area contributed by atoms with Gasteiger partial charge in [-0.25, -0.2) is 19.7 Å². The fourth-order valence-electron chi connectivity index (χ4n) is 1.16. The Morgan fingerprint density at radius 2 is 2.18 bits per heavy atom. The van der Waals surface area contributed by atoms with Gasteiger partial charge in [0.05, 0.1) is 11.4 Å². The minimum atomic E-state index is -0.928. The molecule has 0 saturated carbocycles. The van der Waals surface area contributed by atoms with E-state index in [1.807, 2.05) is 0 Å². The van der Waals surface area contributed by atoms with Gasteiger partial charge >= 0.3 is 5.97 Å². The van der Waals surface area contributed by atoms with Gasteiger partial charge in [0.2, 0.25) is 0 Å². The van der Waals surface area contributed by atoms with Gasteiger partial charge in [-0.05, 0) is 13.0 Å². The number of rotatable bonds is 4. The highest BCUT2D eigenvalue weighted by Crippen LogP contribution is 2.28. The minimum Gasteiger partial charge on any atom is -0.477 e. The maximum absolute atomic E-state index is 10.8. The molecule has 0 amide bonds. The smallest absolute Gasteiger partial charge is 0.347 e. The first kappa shape index (κ1) is 12.0. The average molecular weight is 267 g/mol. The molecule has 0 aliphatic rings. The highest BCUT2D eigenvalue weighted by atomic mass is 32.2. The van der Waals surface area contributed by atoms with E-state index < -0.39 is 5.97 Å². The predicted molar refractivity (Wildman–Crippen MR) is 65.4 cm³/mol. The molecule has 0 bridgehead atoms. The van der Waals surface area contributed by atoms with Crippen LogP contribution in [0.5, 0.6) is 0 Å². The molecular formula is C10H9N3O2S2. The number of aromatic carboxylic acids is 1. The summed E-state index contributed by atoms with van der Waals surface area (Å²) in [6, 6.07) is 1.75. The second-order valence-electron chi connectivity index (χ2n) is 3.15. The van der Waals surface area contributed by atoms with E-state index in [9.17, 15) is 4.79 Å². The molecule has 1 N–H and O–H groups in total. The average Bonchev–Trinajstić information content (AvgIpc) is 2.69. The first-order valence-electron chi connectivity index (χ1n) is 4.76.